The monoisotopic (exact) mass is 277 g/mol. The largest absolute Gasteiger partial charge is 0.508 e. The Morgan fingerprint density at radius 2 is 2.05 bits per heavy atom. The Kier molecular flexibility index (Phi) is 5.30. The number of phenolic OH excluding ortho intramolecular Hbond substituents is 1. The van der Waals surface area contributed by atoms with Gasteiger partial charge < -0.3 is 10.4 Å². The molecule has 0 unspecified atom stereocenters. The van der Waals surface area contributed by atoms with E-state index < -0.39 is 0 Å². The highest BCUT2D eigenvalue weighted by Crippen LogP contribution is 2.17. The van der Waals surface area contributed by atoms with Crippen LogP contribution in [0.2, 0.25) is 0 Å². The average molecular weight is 277 g/mol. The third-order valence-electron chi connectivity index (χ3n) is 2.72. The van der Waals surface area contributed by atoms with Crippen LogP contribution in [0.5, 0.6) is 5.75 Å². The van der Waals surface area contributed by atoms with E-state index >= 15 is 0 Å². The van der Waals surface area contributed by atoms with E-state index in [4.69, 9.17) is 0 Å². The van der Waals surface area contributed by atoms with Crippen LogP contribution in [0.1, 0.15) is 28.9 Å². The number of aromatic hydroxyl groups is 1. The van der Waals surface area contributed by atoms with Gasteiger partial charge in [-0.05, 0) is 30.7 Å². The highest BCUT2D eigenvalue weighted by molar-refractivity contribution is 7.11. The van der Waals surface area contributed by atoms with Crippen molar-refractivity contribution in [3.63, 3.8) is 0 Å². The highest BCUT2D eigenvalue weighted by Gasteiger charge is 2.05. The van der Waals surface area contributed by atoms with E-state index in [2.05, 4.69) is 22.4 Å². The molecule has 0 radical (unpaired) electrons. The zero-order chi connectivity index (χ0) is 13.5. The van der Waals surface area contributed by atoms with Crippen LogP contribution < -0.4 is 5.32 Å². The molecule has 102 valence electrons. The van der Waals surface area contributed by atoms with Crippen molar-refractivity contribution in [2.75, 3.05) is 13.1 Å². The number of nitrogens with one attached hydrogen (secondary N) is 1. The van der Waals surface area contributed by atoms with Crippen molar-refractivity contribution in [3.8, 4) is 5.75 Å². The summed E-state index contributed by atoms with van der Waals surface area (Å²) >= 11 is 1.65. The second-order valence-electron chi connectivity index (χ2n) is 4.44. The van der Waals surface area contributed by atoms with E-state index in [1.54, 1.807) is 23.5 Å². The van der Waals surface area contributed by atoms with Crippen molar-refractivity contribution in [2.24, 2.45) is 0 Å². The molecular weight excluding hydrogens is 258 g/mol. The molecule has 5 heteroatoms. The zero-order valence-corrected chi connectivity index (χ0v) is 11.9. The molecule has 4 nitrogen and oxygen atoms in total. The molecule has 2 N–H and O–H groups in total. The number of phenols is 1. The second kappa shape index (κ2) is 7.21. The maximum Gasteiger partial charge on any atom is 0.121 e. The summed E-state index contributed by atoms with van der Waals surface area (Å²) in [6.45, 7) is 4.16. The molecule has 0 aliphatic rings. The number of hydrogen-bond acceptors (Lipinski definition) is 5. The van der Waals surface area contributed by atoms with Gasteiger partial charge in [-0.2, -0.15) is 0 Å². The SMILES string of the molecule is CCCNCCc1nnc(Cc2cccc(O)c2)s1. The molecular formula is C14H19N3OS. The summed E-state index contributed by atoms with van der Waals surface area (Å²) in [5.41, 5.74) is 1.06. The van der Waals surface area contributed by atoms with Gasteiger partial charge in [-0.15, -0.1) is 21.5 Å². The third-order valence-corrected chi connectivity index (χ3v) is 3.70. The fourth-order valence-electron chi connectivity index (χ4n) is 1.80. The standard InChI is InChI=1S/C14H19N3OS/c1-2-7-15-8-6-13-16-17-14(19-13)10-11-4-3-5-12(18)9-11/h3-5,9,15,18H,2,6-8,10H2,1H3. The predicted molar refractivity (Wildman–Crippen MR) is 77.7 cm³/mol. The lowest BCUT2D eigenvalue weighted by Crippen LogP contribution is -2.17. The van der Waals surface area contributed by atoms with Gasteiger partial charge in [0.15, 0.2) is 0 Å². The van der Waals surface area contributed by atoms with Gasteiger partial charge in [-0.3, -0.25) is 0 Å². The van der Waals surface area contributed by atoms with Gasteiger partial charge >= 0.3 is 0 Å². The van der Waals surface area contributed by atoms with E-state index in [1.165, 1.54) is 0 Å². The van der Waals surface area contributed by atoms with Gasteiger partial charge in [0.05, 0.1) is 0 Å². The quantitative estimate of drug-likeness (QED) is 0.763. The lowest BCUT2D eigenvalue weighted by atomic mass is 10.1. The first-order valence-corrected chi connectivity index (χ1v) is 7.39. The van der Waals surface area contributed by atoms with E-state index in [0.29, 0.717) is 5.75 Å². The Morgan fingerprint density at radius 1 is 1.21 bits per heavy atom. The molecule has 1 aromatic carbocycles. The van der Waals surface area contributed by atoms with Crippen LogP contribution in [0, 0.1) is 0 Å². The molecule has 0 atom stereocenters. The van der Waals surface area contributed by atoms with Crippen LogP contribution in [-0.4, -0.2) is 28.4 Å². The van der Waals surface area contributed by atoms with Gasteiger partial charge in [-0.1, -0.05) is 19.1 Å². The summed E-state index contributed by atoms with van der Waals surface area (Å²) in [7, 11) is 0. The van der Waals surface area contributed by atoms with Crippen LogP contribution in [-0.2, 0) is 12.8 Å². The summed E-state index contributed by atoms with van der Waals surface area (Å²) in [5.74, 6) is 0.297. The first-order valence-electron chi connectivity index (χ1n) is 6.58. The van der Waals surface area contributed by atoms with E-state index in [1.807, 2.05) is 12.1 Å². The number of nitrogens with zero attached hydrogens (tertiary/aromatic N) is 2. The van der Waals surface area contributed by atoms with Crippen LogP contribution in [0.15, 0.2) is 24.3 Å². The lowest BCUT2D eigenvalue weighted by molar-refractivity contribution is 0.474. The first-order chi connectivity index (χ1) is 9.28. The van der Waals surface area contributed by atoms with E-state index in [-0.39, 0.29) is 0 Å². The Labute approximate surface area is 117 Å². The molecule has 0 saturated carbocycles. The molecule has 1 heterocycles. The third kappa shape index (κ3) is 4.61. The molecule has 0 bridgehead atoms. The maximum atomic E-state index is 9.42. The summed E-state index contributed by atoms with van der Waals surface area (Å²) in [6.07, 6.45) is 2.81. The van der Waals surface area contributed by atoms with Gasteiger partial charge in [0.1, 0.15) is 15.8 Å². The highest BCUT2D eigenvalue weighted by atomic mass is 32.1. The van der Waals surface area contributed by atoms with Crippen molar-refractivity contribution in [3.05, 3.63) is 39.8 Å². The first kappa shape index (κ1) is 14.0. The van der Waals surface area contributed by atoms with Gasteiger partial charge in [0, 0.05) is 19.4 Å². The second-order valence-corrected chi connectivity index (χ2v) is 5.58. The van der Waals surface area contributed by atoms with Crippen molar-refractivity contribution in [1.29, 1.82) is 0 Å². The molecule has 2 rings (SSSR count). The number of rotatable bonds is 7. The van der Waals surface area contributed by atoms with Crippen LogP contribution in [0.4, 0.5) is 0 Å². The van der Waals surface area contributed by atoms with Crippen molar-refractivity contribution in [1.82, 2.24) is 15.5 Å². The fourth-order valence-corrected chi connectivity index (χ4v) is 2.68. The number of benzene rings is 1. The van der Waals surface area contributed by atoms with Gasteiger partial charge in [0.2, 0.25) is 0 Å². The Balaban J connectivity index is 1.87. The van der Waals surface area contributed by atoms with Crippen LogP contribution in [0.25, 0.3) is 0 Å². The average Bonchev–Trinajstić information content (AvgIpc) is 2.82. The smallest absolute Gasteiger partial charge is 0.121 e. The number of hydrogen-bond donors (Lipinski definition) is 2. The molecule has 0 spiro atoms. The van der Waals surface area contributed by atoms with Crippen molar-refractivity contribution < 1.29 is 5.11 Å². The maximum absolute atomic E-state index is 9.42. The molecule has 0 fully saturated rings. The molecule has 0 amide bonds. The molecule has 1 aromatic heterocycles. The topological polar surface area (TPSA) is 58.0 Å². The minimum Gasteiger partial charge on any atom is -0.508 e. The fraction of sp³-hybridized carbons (Fsp3) is 0.429. The summed E-state index contributed by atoms with van der Waals surface area (Å²) in [4.78, 5) is 0. The zero-order valence-electron chi connectivity index (χ0n) is 11.1. The van der Waals surface area contributed by atoms with Crippen molar-refractivity contribution >= 4 is 11.3 Å². The van der Waals surface area contributed by atoms with Crippen LogP contribution in [0.3, 0.4) is 0 Å². The minimum absolute atomic E-state index is 0.297. The summed E-state index contributed by atoms with van der Waals surface area (Å²) in [5, 5.41) is 23.2. The van der Waals surface area contributed by atoms with E-state index in [0.717, 1.165) is 47.9 Å². The molecule has 0 saturated heterocycles. The van der Waals surface area contributed by atoms with Gasteiger partial charge in [0.25, 0.3) is 0 Å². The van der Waals surface area contributed by atoms with Gasteiger partial charge in [-0.25, -0.2) is 0 Å². The minimum atomic E-state index is 0.297. The molecule has 2 aromatic rings. The lowest BCUT2D eigenvalue weighted by Gasteiger charge is -1.99. The molecule has 19 heavy (non-hydrogen) atoms. The summed E-state index contributed by atoms with van der Waals surface area (Å²) < 4.78 is 0. The number of aromatic nitrogens is 2. The predicted octanol–water partition coefficient (Wildman–Crippen LogP) is 2.38. The summed E-state index contributed by atoms with van der Waals surface area (Å²) in [6, 6.07) is 7.28. The Morgan fingerprint density at radius 3 is 2.84 bits per heavy atom. The normalized spacial score (nSPS) is 10.8. The molecule has 0 aliphatic heterocycles. The van der Waals surface area contributed by atoms with E-state index in [9.17, 15) is 5.11 Å². The Hall–Kier alpha value is -1.46. The molecule has 0 aliphatic carbocycles. The van der Waals surface area contributed by atoms with Crippen LogP contribution >= 0.6 is 11.3 Å². The van der Waals surface area contributed by atoms with Crippen molar-refractivity contribution in [2.45, 2.75) is 26.2 Å². The Bertz CT molecular complexity index is 513.